The highest BCUT2D eigenvalue weighted by Gasteiger charge is 2.73. The van der Waals surface area contributed by atoms with Crippen molar-refractivity contribution in [2.24, 2.45) is 0 Å². The molecule has 0 spiro atoms. The second-order valence-corrected chi connectivity index (χ2v) is 13.1. The van der Waals surface area contributed by atoms with E-state index in [1.54, 1.807) is 30.7 Å². The summed E-state index contributed by atoms with van der Waals surface area (Å²) in [6.45, 7) is 3.56. The third-order valence-electron chi connectivity index (χ3n) is 6.18. The number of thioether (sulfide) groups is 1. The Hall–Kier alpha value is -2.68. The zero-order chi connectivity index (χ0) is 27.9. The number of hydrogen-bond acceptors (Lipinski definition) is 9. The Bertz CT molecular complexity index is 1090. The van der Waals surface area contributed by atoms with Crippen LogP contribution in [0.5, 0.6) is 0 Å². The molecule has 2 fully saturated rings. The SMILES string of the molecule is CO[C@@]1(NC(=O)C(C(=O)OC(CC(=O)O)C[N+](C)(C)C)c2ccsc2)C(=O)N2[C@@H](C(=O)O)C(C)(C)S[C@@H]21. The van der Waals surface area contributed by atoms with Crippen LogP contribution < -0.4 is 5.32 Å². The van der Waals surface area contributed by atoms with E-state index >= 15 is 0 Å². The van der Waals surface area contributed by atoms with Crippen molar-refractivity contribution in [2.75, 3.05) is 34.8 Å². The summed E-state index contributed by atoms with van der Waals surface area (Å²) < 4.78 is 10.5. The normalized spacial score (nSPS) is 26.0. The van der Waals surface area contributed by atoms with Crippen molar-refractivity contribution >= 4 is 52.8 Å². The summed E-state index contributed by atoms with van der Waals surface area (Å²) in [6.07, 6.45) is -1.45. The van der Waals surface area contributed by atoms with Gasteiger partial charge in [-0.05, 0) is 36.2 Å². The molecule has 2 unspecified atom stereocenters. The number of rotatable bonds is 11. The van der Waals surface area contributed by atoms with Crippen molar-refractivity contribution < 1.29 is 48.1 Å². The number of β-lactam (4-membered cyclic amide) rings is 1. The molecule has 2 aliphatic rings. The van der Waals surface area contributed by atoms with Crippen LogP contribution in [-0.2, 0) is 33.4 Å². The Morgan fingerprint density at radius 3 is 2.35 bits per heavy atom. The quantitative estimate of drug-likeness (QED) is 0.115. The average Bonchev–Trinajstić information content (AvgIpc) is 3.34. The van der Waals surface area contributed by atoms with Crippen molar-refractivity contribution in [2.45, 2.75) is 54.2 Å². The first kappa shape index (κ1) is 28.9. The largest absolute Gasteiger partial charge is 0.481 e. The maximum atomic E-state index is 13.5. The van der Waals surface area contributed by atoms with Crippen LogP contribution in [0.4, 0.5) is 0 Å². The molecule has 3 N–H and O–H groups in total. The van der Waals surface area contributed by atoms with Crippen LogP contribution in [0.1, 0.15) is 31.7 Å². The van der Waals surface area contributed by atoms with Gasteiger partial charge in [0.05, 0.1) is 27.6 Å². The molecule has 5 atom stereocenters. The number of carbonyl (C=O) groups is 5. The minimum atomic E-state index is -1.87. The number of quaternary nitrogens is 1. The van der Waals surface area contributed by atoms with Gasteiger partial charge in [0.1, 0.15) is 18.0 Å². The maximum Gasteiger partial charge on any atom is 0.327 e. The molecule has 0 saturated carbocycles. The van der Waals surface area contributed by atoms with Gasteiger partial charge in [0, 0.05) is 11.9 Å². The molecular formula is C23H32N3O9S2+. The number of likely N-dealkylation sites (N-methyl/N-ethyl adjacent to an activating group) is 1. The minimum absolute atomic E-state index is 0.190. The molecule has 3 heterocycles. The van der Waals surface area contributed by atoms with Crippen molar-refractivity contribution in [3.8, 4) is 0 Å². The van der Waals surface area contributed by atoms with E-state index in [2.05, 4.69) is 5.32 Å². The highest BCUT2D eigenvalue weighted by atomic mass is 32.2. The molecule has 0 bridgehead atoms. The van der Waals surface area contributed by atoms with Crippen LogP contribution >= 0.6 is 23.1 Å². The van der Waals surface area contributed by atoms with Gasteiger partial charge >= 0.3 is 17.9 Å². The Balaban J connectivity index is 1.88. The Morgan fingerprint density at radius 1 is 1.22 bits per heavy atom. The highest BCUT2D eigenvalue weighted by Crippen LogP contribution is 2.55. The van der Waals surface area contributed by atoms with Gasteiger partial charge in [0.25, 0.3) is 11.6 Å². The standard InChI is InChI=1S/C23H31N3O9S2/c1-22(2)16(18(30)31)25-20(33)23(34-6,21(25)37-22)24-17(29)15(12-7-8-36-11-12)19(32)35-13(9-14(27)28)10-26(3,4)5/h7-8,11,13,15-16,21H,9-10H2,1-6H3,(H2-,24,27,28,29,30,31)/p+1/t13?,15?,16-,21+,23-/m0/s1. The summed E-state index contributed by atoms with van der Waals surface area (Å²) in [5, 5.41) is 23.9. The molecule has 0 aliphatic carbocycles. The van der Waals surface area contributed by atoms with E-state index in [4.69, 9.17) is 9.47 Å². The molecule has 2 amide bonds. The lowest BCUT2D eigenvalue weighted by Crippen LogP contribution is -2.80. The van der Waals surface area contributed by atoms with E-state index in [9.17, 15) is 34.2 Å². The summed E-state index contributed by atoms with van der Waals surface area (Å²) in [7, 11) is 6.66. The molecule has 37 heavy (non-hydrogen) atoms. The molecule has 1 aromatic heterocycles. The maximum absolute atomic E-state index is 13.5. The summed E-state index contributed by atoms with van der Waals surface area (Å²) in [6, 6.07) is 0.435. The second kappa shape index (κ2) is 10.2. The zero-order valence-electron chi connectivity index (χ0n) is 21.4. The number of carboxylic acid groups (broad SMARTS) is 2. The number of amides is 2. The lowest BCUT2D eigenvalue weighted by molar-refractivity contribution is -0.873. The summed E-state index contributed by atoms with van der Waals surface area (Å²) in [5.74, 6) is -6.41. The molecule has 12 nitrogen and oxygen atoms in total. The number of nitrogens with zero attached hydrogens (tertiary/aromatic N) is 2. The van der Waals surface area contributed by atoms with Crippen molar-refractivity contribution in [1.82, 2.24) is 10.2 Å². The van der Waals surface area contributed by atoms with Gasteiger partial charge in [0.15, 0.2) is 12.0 Å². The molecule has 2 saturated heterocycles. The lowest BCUT2D eigenvalue weighted by Gasteiger charge is -2.51. The first-order chi connectivity index (χ1) is 17.0. The van der Waals surface area contributed by atoms with Crippen LogP contribution in [0, 0.1) is 0 Å². The number of methoxy groups -OCH3 is 1. The topological polar surface area (TPSA) is 160 Å². The van der Waals surface area contributed by atoms with Gasteiger partial charge in [0.2, 0.25) is 5.91 Å². The first-order valence-corrected chi connectivity index (χ1v) is 13.2. The predicted octanol–water partition coefficient (Wildman–Crippen LogP) is 0.530. The Labute approximate surface area is 222 Å². The van der Waals surface area contributed by atoms with Crippen LogP contribution in [0.3, 0.4) is 0 Å². The molecular weight excluding hydrogens is 526 g/mol. The fourth-order valence-electron chi connectivity index (χ4n) is 4.65. The predicted molar refractivity (Wildman–Crippen MR) is 134 cm³/mol. The number of carboxylic acids is 2. The van der Waals surface area contributed by atoms with E-state index in [1.807, 2.05) is 21.1 Å². The van der Waals surface area contributed by atoms with E-state index < -0.39 is 70.1 Å². The smallest absolute Gasteiger partial charge is 0.327 e. The summed E-state index contributed by atoms with van der Waals surface area (Å²) >= 11 is 2.42. The van der Waals surface area contributed by atoms with E-state index in [1.165, 1.54) is 35.1 Å². The van der Waals surface area contributed by atoms with E-state index in [0.29, 0.717) is 10.0 Å². The average molecular weight is 559 g/mol. The fourth-order valence-corrected chi connectivity index (χ4v) is 7.01. The van der Waals surface area contributed by atoms with Crippen molar-refractivity contribution in [1.29, 1.82) is 0 Å². The number of esters is 1. The number of aliphatic carboxylic acids is 2. The minimum Gasteiger partial charge on any atom is -0.481 e. The van der Waals surface area contributed by atoms with Gasteiger partial charge in [-0.25, -0.2) is 4.79 Å². The number of ether oxygens (including phenoxy) is 2. The Morgan fingerprint density at radius 2 is 1.86 bits per heavy atom. The van der Waals surface area contributed by atoms with E-state index in [0.717, 1.165) is 0 Å². The van der Waals surface area contributed by atoms with Crippen LogP contribution in [0.15, 0.2) is 16.8 Å². The molecule has 14 heteroatoms. The van der Waals surface area contributed by atoms with Gasteiger partial charge in [-0.2, -0.15) is 11.3 Å². The molecule has 2 aliphatic heterocycles. The summed E-state index contributed by atoms with van der Waals surface area (Å²) in [4.78, 5) is 64.4. The fraction of sp³-hybridized carbons (Fsp3) is 0.609. The number of carbonyl (C=O) groups excluding carboxylic acids is 3. The molecule has 0 radical (unpaired) electrons. The monoisotopic (exact) mass is 558 g/mol. The van der Waals surface area contributed by atoms with Gasteiger partial charge in [-0.15, -0.1) is 11.8 Å². The Kier molecular flexibility index (Phi) is 7.99. The first-order valence-electron chi connectivity index (χ1n) is 11.4. The molecule has 1 aromatic rings. The number of thiophene rings is 1. The van der Waals surface area contributed by atoms with Crippen LogP contribution in [0.25, 0.3) is 0 Å². The second-order valence-electron chi connectivity index (χ2n) is 10.6. The van der Waals surface area contributed by atoms with Gasteiger partial charge < -0.3 is 34.4 Å². The number of fused-ring (bicyclic) bond motifs is 1. The van der Waals surface area contributed by atoms with Crippen LogP contribution in [0.2, 0.25) is 0 Å². The van der Waals surface area contributed by atoms with Crippen LogP contribution in [-0.4, -0.2) is 112 Å². The number of nitrogens with one attached hydrogen (secondary N) is 1. The molecule has 204 valence electrons. The van der Waals surface area contributed by atoms with Crippen molar-refractivity contribution in [3.05, 3.63) is 22.4 Å². The van der Waals surface area contributed by atoms with E-state index in [-0.39, 0.29) is 6.54 Å². The number of hydrogen-bond donors (Lipinski definition) is 3. The highest BCUT2D eigenvalue weighted by molar-refractivity contribution is 8.01. The van der Waals surface area contributed by atoms with Crippen molar-refractivity contribution in [3.63, 3.8) is 0 Å². The third-order valence-corrected chi connectivity index (χ3v) is 8.49. The van der Waals surface area contributed by atoms with Gasteiger partial charge in [-0.1, -0.05) is 0 Å². The third kappa shape index (κ3) is 5.61. The molecule has 3 rings (SSSR count). The lowest BCUT2D eigenvalue weighted by atomic mass is 9.92. The van der Waals surface area contributed by atoms with Gasteiger partial charge in [-0.3, -0.25) is 19.2 Å². The summed E-state index contributed by atoms with van der Waals surface area (Å²) in [5.41, 5.74) is -1.56. The molecule has 0 aromatic carbocycles. The zero-order valence-corrected chi connectivity index (χ0v) is 23.1.